The topological polar surface area (TPSA) is 83.8 Å². The number of hydrogen-bond donors (Lipinski definition) is 2. The molecular formula is C10H10O5. The van der Waals surface area contributed by atoms with E-state index in [1.807, 2.05) is 0 Å². The van der Waals surface area contributed by atoms with E-state index in [2.05, 4.69) is 4.74 Å². The predicted octanol–water partition coefficient (Wildman–Crippen LogP) is 1.23. The summed E-state index contributed by atoms with van der Waals surface area (Å²) in [6.07, 6.45) is 0. The van der Waals surface area contributed by atoms with Crippen LogP contribution in [-0.4, -0.2) is 22.0 Å². The van der Waals surface area contributed by atoms with Crippen LogP contribution in [0.25, 0.3) is 0 Å². The van der Waals surface area contributed by atoms with Gasteiger partial charge in [0.2, 0.25) is 0 Å². The minimum atomic E-state index is -0.637. The van der Waals surface area contributed by atoms with Crippen molar-refractivity contribution >= 4 is 11.8 Å². The Morgan fingerprint density at radius 1 is 1.20 bits per heavy atom. The van der Waals surface area contributed by atoms with Crippen molar-refractivity contribution in [1.29, 1.82) is 0 Å². The zero-order valence-corrected chi connectivity index (χ0v) is 8.27. The average Bonchev–Trinajstić information content (AvgIpc) is 1.99. The normalized spacial score (nSPS) is 9.73. The second-order valence-corrected chi connectivity index (χ2v) is 2.99. The molecule has 80 valence electrons. The molecular weight excluding hydrogens is 200 g/mol. The van der Waals surface area contributed by atoms with Gasteiger partial charge in [-0.1, -0.05) is 0 Å². The Labute approximate surface area is 85.9 Å². The van der Waals surface area contributed by atoms with Crippen molar-refractivity contribution in [2.75, 3.05) is 0 Å². The van der Waals surface area contributed by atoms with Gasteiger partial charge < -0.3 is 14.9 Å². The number of phenolic OH excluding ortho intramolecular Hbond substituents is 2. The molecule has 0 aliphatic carbocycles. The fourth-order valence-corrected chi connectivity index (χ4v) is 1.18. The first-order valence-corrected chi connectivity index (χ1v) is 4.17. The molecule has 1 aromatic carbocycles. The molecule has 0 aliphatic rings. The van der Waals surface area contributed by atoms with Crippen LogP contribution in [0.4, 0.5) is 0 Å². The molecule has 0 aliphatic heterocycles. The monoisotopic (exact) mass is 210 g/mol. The summed E-state index contributed by atoms with van der Waals surface area (Å²) in [5.74, 6) is -1.94. The van der Waals surface area contributed by atoms with Gasteiger partial charge in [-0.3, -0.25) is 9.59 Å². The van der Waals surface area contributed by atoms with Crippen molar-refractivity contribution in [3.63, 3.8) is 0 Å². The summed E-state index contributed by atoms with van der Waals surface area (Å²) in [4.78, 5) is 21.9. The third-order valence-corrected chi connectivity index (χ3v) is 1.67. The number of aromatic hydroxyl groups is 2. The number of benzene rings is 1. The molecule has 0 unspecified atom stereocenters. The highest BCUT2D eigenvalue weighted by Crippen LogP contribution is 2.33. The zero-order chi connectivity index (χ0) is 11.6. The number of ether oxygens (including phenoxy) is 1. The molecule has 0 spiro atoms. The van der Waals surface area contributed by atoms with E-state index in [9.17, 15) is 14.7 Å². The summed E-state index contributed by atoms with van der Waals surface area (Å²) in [6.45, 7) is 2.38. The molecule has 0 radical (unpaired) electrons. The lowest BCUT2D eigenvalue weighted by Crippen LogP contribution is -2.06. The van der Waals surface area contributed by atoms with Crippen LogP contribution in [0, 0.1) is 0 Å². The Kier molecular flexibility index (Phi) is 2.94. The van der Waals surface area contributed by atoms with Crippen molar-refractivity contribution < 1.29 is 24.5 Å². The average molecular weight is 210 g/mol. The number of esters is 1. The fraction of sp³-hybridized carbons (Fsp3) is 0.200. The van der Waals surface area contributed by atoms with E-state index in [4.69, 9.17) is 5.11 Å². The van der Waals surface area contributed by atoms with Crippen LogP contribution in [0.5, 0.6) is 17.2 Å². The number of phenols is 2. The minimum absolute atomic E-state index is 0.122. The highest BCUT2D eigenvalue weighted by Gasteiger charge is 2.16. The number of carbonyl (C=O) groups is 2. The van der Waals surface area contributed by atoms with E-state index in [-0.39, 0.29) is 17.1 Å². The van der Waals surface area contributed by atoms with Crippen molar-refractivity contribution in [3.8, 4) is 17.2 Å². The second-order valence-electron chi connectivity index (χ2n) is 2.99. The van der Waals surface area contributed by atoms with Crippen molar-refractivity contribution in [1.82, 2.24) is 0 Å². The Morgan fingerprint density at radius 2 is 1.80 bits per heavy atom. The van der Waals surface area contributed by atoms with Crippen LogP contribution in [-0.2, 0) is 4.79 Å². The van der Waals surface area contributed by atoms with Crippen LogP contribution in [0.15, 0.2) is 12.1 Å². The third kappa shape index (κ3) is 2.46. The minimum Gasteiger partial charge on any atom is -0.508 e. The van der Waals surface area contributed by atoms with E-state index in [0.29, 0.717) is 0 Å². The molecule has 0 aromatic heterocycles. The molecule has 5 heteroatoms. The van der Waals surface area contributed by atoms with Gasteiger partial charge in [-0.2, -0.15) is 0 Å². The summed E-state index contributed by atoms with van der Waals surface area (Å²) >= 11 is 0. The van der Waals surface area contributed by atoms with E-state index >= 15 is 0 Å². The number of rotatable bonds is 2. The molecule has 1 aromatic rings. The van der Waals surface area contributed by atoms with Crippen LogP contribution < -0.4 is 4.74 Å². The number of ketones is 1. The van der Waals surface area contributed by atoms with Gasteiger partial charge in [0.25, 0.3) is 0 Å². The summed E-state index contributed by atoms with van der Waals surface area (Å²) in [5.41, 5.74) is -0.122. The van der Waals surface area contributed by atoms with Gasteiger partial charge in [-0.05, 0) is 6.92 Å². The van der Waals surface area contributed by atoms with Crippen LogP contribution in [0.3, 0.4) is 0 Å². The summed E-state index contributed by atoms with van der Waals surface area (Å²) in [6, 6.07) is 2.10. The maximum Gasteiger partial charge on any atom is 0.308 e. The molecule has 5 nitrogen and oxygen atoms in total. The first kappa shape index (κ1) is 11.0. The lowest BCUT2D eigenvalue weighted by atomic mass is 10.1. The Morgan fingerprint density at radius 3 is 2.27 bits per heavy atom. The predicted molar refractivity (Wildman–Crippen MR) is 51.1 cm³/mol. The maximum atomic E-state index is 11.1. The van der Waals surface area contributed by atoms with E-state index in [1.54, 1.807) is 0 Å². The molecule has 2 N–H and O–H groups in total. The summed E-state index contributed by atoms with van der Waals surface area (Å²) in [5, 5.41) is 18.5. The smallest absolute Gasteiger partial charge is 0.308 e. The van der Waals surface area contributed by atoms with Crippen LogP contribution in [0.1, 0.15) is 24.2 Å². The number of Topliss-reactive ketones (excluding diaryl/α,β-unsaturated/α-hetero) is 1. The molecule has 0 atom stereocenters. The van der Waals surface area contributed by atoms with Crippen molar-refractivity contribution in [2.45, 2.75) is 13.8 Å². The van der Waals surface area contributed by atoms with Gasteiger partial charge in [-0.25, -0.2) is 0 Å². The molecule has 15 heavy (non-hydrogen) atoms. The number of hydrogen-bond acceptors (Lipinski definition) is 5. The Balaban J connectivity index is 3.33. The summed E-state index contributed by atoms with van der Waals surface area (Å²) < 4.78 is 4.69. The van der Waals surface area contributed by atoms with Crippen molar-refractivity contribution in [3.05, 3.63) is 17.7 Å². The standard InChI is InChI=1S/C10H10O5/c1-5(11)10-8(14)3-7(13)4-9(10)15-6(2)12/h3-4,13-14H,1-2H3. The maximum absolute atomic E-state index is 11.1. The molecule has 0 heterocycles. The van der Waals surface area contributed by atoms with Crippen molar-refractivity contribution in [2.24, 2.45) is 0 Å². The van der Waals surface area contributed by atoms with Crippen LogP contribution in [0.2, 0.25) is 0 Å². The molecule has 0 amide bonds. The SMILES string of the molecule is CC(=O)Oc1cc(O)cc(O)c1C(C)=O. The third-order valence-electron chi connectivity index (χ3n) is 1.67. The van der Waals surface area contributed by atoms with Gasteiger partial charge in [0.05, 0.1) is 0 Å². The Hall–Kier alpha value is -2.04. The first-order valence-electron chi connectivity index (χ1n) is 4.17. The largest absolute Gasteiger partial charge is 0.508 e. The molecule has 0 saturated carbocycles. The van der Waals surface area contributed by atoms with Gasteiger partial charge >= 0.3 is 5.97 Å². The first-order chi connectivity index (χ1) is 6.91. The molecule has 0 bridgehead atoms. The molecule has 1 rings (SSSR count). The van der Waals surface area contributed by atoms with Gasteiger partial charge in [0.15, 0.2) is 5.78 Å². The lowest BCUT2D eigenvalue weighted by molar-refractivity contribution is -0.131. The molecule has 0 fully saturated rings. The molecule has 0 saturated heterocycles. The van der Waals surface area contributed by atoms with E-state index in [0.717, 1.165) is 19.1 Å². The van der Waals surface area contributed by atoms with E-state index in [1.165, 1.54) is 6.92 Å². The number of carbonyl (C=O) groups excluding carboxylic acids is 2. The summed E-state index contributed by atoms with van der Waals surface area (Å²) in [7, 11) is 0. The van der Waals surface area contributed by atoms with Gasteiger partial charge in [-0.15, -0.1) is 0 Å². The van der Waals surface area contributed by atoms with E-state index < -0.39 is 17.5 Å². The van der Waals surface area contributed by atoms with Gasteiger partial charge in [0.1, 0.15) is 22.8 Å². The quantitative estimate of drug-likeness (QED) is 0.435. The highest BCUT2D eigenvalue weighted by molar-refractivity contribution is 6.00. The zero-order valence-electron chi connectivity index (χ0n) is 8.27. The van der Waals surface area contributed by atoms with Gasteiger partial charge in [0, 0.05) is 19.1 Å². The van der Waals surface area contributed by atoms with Crippen LogP contribution >= 0.6 is 0 Å². The lowest BCUT2D eigenvalue weighted by Gasteiger charge is -2.08. The Bertz CT molecular complexity index is 422. The second kappa shape index (κ2) is 4.00. The highest BCUT2D eigenvalue weighted by atomic mass is 16.5. The fourth-order valence-electron chi connectivity index (χ4n) is 1.18.